The summed E-state index contributed by atoms with van der Waals surface area (Å²) >= 11 is 0. The Kier molecular flexibility index (Phi) is 10.3. The predicted octanol–water partition coefficient (Wildman–Crippen LogP) is 6.00. The van der Waals surface area contributed by atoms with Crippen molar-refractivity contribution in [2.24, 2.45) is 0 Å². The highest BCUT2D eigenvalue weighted by Crippen LogP contribution is 2.30. The molecule has 5 N–H and O–H groups in total. The normalized spacial score (nSPS) is 12.2. The molecule has 0 fully saturated rings. The number of rotatable bonds is 11. The Morgan fingerprint density at radius 1 is 0.833 bits per heavy atom. The second-order valence-corrected chi connectivity index (χ2v) is 9.26. The number of phenols is 1. The van der Waals surface area contributed by atoms with E-state index in [1.807, 2.05) is 18.2 Å². The van der Waals surface area contributed by atoms with E-state index in [0.717, 1.165) is 0 Å². The number of phenolic OH excluding ortho intramolecular Hbond substituents is 1. The second kappa shape index (κ2) is 14.7. The molecule has 0 aliphatic rings. The minimum atomic E-state index is -0.972. The number of hydrogen-bond donors (Lipinski definition) is 4. The molecule has 214 valence electrons. The minimum absolute atomic E-state index is 0.0368. The van der Waals surface area contributed by atoms with Crippen LogP contribution in [0.15, 0.2) is 121 Å². The van der Waals surface area contributed by atoms with Crippen molar-refractivity contribution in [3.05, 3.63) is 132 Å². The molecule has 0 aliphatic carbocycles. The Morgan fingerprint density at radius 2 is 1.48 bits per heavy atom. The van der Waals surface area contributed by atoms with Crippen LogP contribution in [0.3, 0.4) is 0 Å². The summed E-state index contributed by atoms with van der Waals surface area (Å²) in [7, 11) is 0. The van der Waals surface area contributed by atoms with E-state index in [-0.39, 0.29) is 11.7 Å². The monoisotopic (exact) mass is 565 g/mol. The van der Waals surface area contributed by atoms with Crippen LogP contribution < -0.4 is 21.1 Å². The van der Waals surface area contributed by atoms with E-state index in [2.05, 4.69) is 10.6 Å². The summed E-state index contributed by atoms with van der Waals surface area (Å²) < 4.78 is 12.0. The Labute approximate surface area is 243 Å². The molecule has 0 saturated heterocycles. The van der Waals surface area contributed by atoms with Crippen LogP contribution in [0, 0.1) is 0 Å². The molecule has 0 aliphatic heterocycles. The van der Waals surface area contributed by atoms with E-state index in [9.17, 15) is 19.5 Å². The largest absolute Gasteiger partial charge is 0.508 e. The van der Waals surface area contributed by atoms with E-state index < -0.39 is 24.2 Å². The van der Waals surface area contributed by atoms with Crippen LogP contribution in [0.4, 0.5) is 16.2 Å². The van der Waals surface area contributed by atoms with Crippen LogP contribution in [0.2, 0.25) is 0 Å². The van der Waals surface area contributed by atoms with Crippen LogP contribution in [0.25, 0.3) is 0 Å². The molecule has 0 saturated carbocycles. The number of hydrogen-bond acceptors (Lipinski definition) is 7. The lowest BCUT2D eigenvalue weighted by Gasteiger charge is -2.28. The Morgan fingerprint density at radius 3 is 2.17 bits per heavy atom. The summed E-state index contributed by atoms with van der Waals surface area (Å²) in [5.74, 6) is -0.385. The van der Waals surface area contributed by atoms with Gasteiger partial charge in [-0.15, -0.1) is 0 Å². The third-order valence-electron chi connectivity index (χ3n) is 6.18. The molecule has 0 bridgehead atoms. The SMILES string of the molecule is Nc1ccccc1NC(=O)/C=C/CC[C@H](Oc1ccccc1)[C@@H](OC(=O)NC(=O)c1ccccc1)c1ccc(O)cc1. The average molecular weight is 566 g/mol. The fraction of sp³-hybridized carbons (Fsp3) is 0.121. The molecule has 4 rings (SSSR count). The third kappa shape index (κ3) is 8.72. The van der Waals surface area contributed by atoms with Crippen molar-refractivity contribution in [2.75, 3.05) is 11.1 Å². The van der Waals surface area contributed by atoms with Crippen LogP contribution in [-0.2, 0) is 9.53 Å². The number of carbonyl (C=O) groups is 3. The lowest BCUT2D eigenvalue weighted by molar-refractivity contribution is -0.111. The fourth-order valence-electron chi connectivity index (χ4n) is 4.10. The number of amides is 3. The molecular formula is C33H31N3O6. The van der Waals surface area contributed by atoms with Crippen molar-refractivity contribution in [3.63, 3.8) is 0 Å². The first-order chi connectivity index (χ1) is 20.4. The van der Waals surface area contributed by atoms with Crippen molar-refractivity contribution < 1.29 is 29.0 Å². The molecule has 4 aromatic rings. The zero-order valence-electron chi connectivity index (χ0n) is 22.7. The number of imide groups is 1. The molecule has 4 aromatic carbocycles. The lowest BCUT2D eigenvalue weighted by atomic mass is 10.00. The van der Waals surface area contributed by atoms with Crippen LogP contribution in [0.1, 0.15) is 34.9 Å². The second-order valence-electron chi connectivity index (χ2n) is 9.26. The number of alkyl carbamates (subject to hydrolysis) is 1. The maximum atomic E-state index is 12.9. The van der Waals surface area contributed by atoms with Crippen molar-refractivity contribution in [3.8, 4) is 11.5 Å². The zero-order chi connectivity index (χ0) is 29.7. The summed E-state index contributed by atoms with van der Waals surface area (Å²) in [6.45, 7) is 0. The lowest BCUT2D eigenvalue weighted by Crippen LogP contribution is -2.36. The van der Waals surface area contributed by atoms with Gasteiger partial charge in [0.05, 0.1) is 11.4 Å². The molecule has 0 aromatic heterocycles. The molecule has 9 nitrogen and oxygen atoms in total. The van der Waals surface area contributed by atoms with Crippen LogP contribution in [-0.4, -0.2) is 29.1 Å². The molecule has 42 heavy (non-hydrogen) atoms. The number of benzene rings is 4. The van der Waals surface area contributed by atoms with Crippen LogP contribution in [0.5, 0.6) is 11.5 Å². The molecule has 2 atom stereocenters. The predicted molar refractivity (Wildman–Crippen MR) is 160 cm³/mol. The summed E-state index contributed by atoms with van der Waals surface area (Å²) in [6.07, 6.45) is 1.14. The van der Waals surface area contributed by atoms with Crippen molar-refractivity contribution in [1.82, 2.24) is 5.32 Å². The molecule has 0 spiro atoms. The number of aromatic hydroxyl groups is 1. The number of nitrogens with two attached hydrogens (primary N) is 1. The maximum Gasteiger partial charge on any atom is 0.414 e. The number of anilines is 2. The van der Waals surface area contributed by atoms with Gasteiger partial charge in [0.15, 0.2) is 6.10 Å². The Balaban J connectivity index is 1.51. The number of ether oxygens (including phenoxy) is 2. The number of carbonyl (C=O) groups excluding carboxylic acids is 3. The molecule has 0 heterocycles. The number of allylic oxidation sites excluding steroid dienone is 1. The van der Waals surface area contributed by atoms with Gasteiger partial charge in [-0.25, -0.2) is 4.79 Å². The van der Waals surface area contributed by atoms with Gasteiger partial charge in [-0.2, -0.15) is 0 Å². The minimum Gasteiger partial charge on any atom is -0.508 e. The van der Waals surface area contributed by atoms with E-state index in [1.165, 1.54) is 18.2 Å². The van der Waals surface area contributed by atoms with Crippen LogP contribution >= 0.6 is 0 Å². The summed E-state index contributed by atoms with van der Waals surface area (Å²) in [6, 6.07) is 30.4. The van der Waals surface area contributed by atoms with Gasteiger partial charge in [0.1, 0.15) is 17.6 Å². The Bertz CT molecular complexity index is 1510. The third-order valence-corrected chi connectivity index (χ3v) is 6.18. The van der Waals surface area contributed by atoms with Gasteiger partial charge in [-0.05, 0) is 73.0 Å². The van der Waals surface area contributed by atoms with Gasteiger partial charge < -0.3 is 25.6 Å². The first-order valence-electron chi connectivity index (χ1n) is 13.3. The molecular weight excluding hydrogens is 534 g/mol. The van der Waals surface area contributed by atoms with Crippen molar-refractivity contribution >= 4 is 29.3 Å². The van der Waals surface area contributed by atoms with Gasteiger partial charge in [0.2, 0.25) is 5.91 Å². The topological polar surface area (TPSA) is 140 Å². The van der Waals surface area contributed by atoms with Gasteiger partial charge in [-0.1, -0.05) is 66.7 Å². The molecule has 0 unspecified atom stereocenters. The fourth-order valence-corrected chi connectivity index (χ4v) is 4.10. The highest BCUT2D eigenvalue weighted by Gasteiger charge is 2.29. The van der Waals surface area contributed by atoms with Gasteiger partial charge >= 0.3 is 6.09 Å². The van der Waals surface area contributed by atoms with E-state index in [1.54, 1.807) is 84.9 Å². The van der Waals surface area contributed by atoms with Gasteiger partial charge in [0, 0.05) is 5.56 Å². The molecule has 9 heteroatoms. The van der Waals surface area contributed by atoms with Gasteiger partial charge in [-0.3, -0.25) is 14.9 Å². The number of nitrogen functional groups attached to an aromatic ring is 1. The Hall–Kier alpha value is -5.57. The number of nitrogens with one attached hydrogen (secondary N) is 2. The average Bonchev–Trinajstić information content (AvgIpc) is 3.00. The maximum absolute atomic E-state index is 12.9. The van der Waals surface area contributed by atoms with E-state index in [4.69, 9.17) is 15.2 Å². The van der Waals surface area contributed by atoms with Crippen molar-refractivity contribution in [2.45, 2.75) is 25.0 Å². The first kappa shape index (κ1) is 29.4. The highest BCUT2D eigenvalue weighted by molar-refractivity contribution is 6.03. The molecule has 0 radical (unpaired) electrons. The zero-order valence-corrected chi connectivity index (χ0v) is 22.7. The van der Waals surface area contributed by atoms with E-state index in [0.29, 0.717) is 41.1 Å². The summed E-state index contributed by atoms with van der Waals surface area (Å²) in [4.78, 5) is 37.9. The summed E-state index contributed by atoms with van der Waals surface area (Å²) in [5, 5.41) is 14.8. The van der Waals surface area contributed by atoms with Gasteiger partial charge in [0.25, 0.3) is 5.91 Å². The highest BCUT2D eigenvalue weighted by atomic mass is 16.6. The smallest absolute Gasteiger partial charge is 0.414 e. The van der Waals surface area contributed by atoms with E-state index >= 15 is 0 Å². The standard InChI is InChI=1S/C33H31N3O6/c34-27-15-7-8-16-28(27)35-30(38)18-10-9-17-29(41-26-13-5-2-6-14-26)31(23-19-21-25(37)22-20-23)42-33(40)36-32(39)24-11-3-1-4-12-24/h1-8,10-16,18-22,29,31,37H,9,17,34H2,(H,35,38)(H,36,39,40)/b18-10+/t29-,31-/m0/s1. The summed E-state index contributed by atoms with van der Waals surface area (Å²) in [5.41, 5.74) is 7.70. The quantitative estimate of drug-likeness (QED) is 0.129. The van der Waals surface area contributed by atoms with Crippen molar-refractivity contribution in [1.29, 1.82) is 0 Å². The molecule has 3 amide bonds. The first-order valence-corrected chi connectivity index (χ1v) is 13.3. The number of para-hydroxylation sites is 3.